The van der Waals surface area contributed by atoms with Crippen molar-refractivity contribution in [3.8, 4) is 5.75 Å². The fraction of sp³-hybridized carbons (Fsp3) is 0.538. The molecule has 0 unspecified atom stereocenters. The molecule has 2 rings (SSSR count). The number of rotatable bonds is 3. The van der Waals surface area contributed by atoms with E-state index in [-0.39, 0.29) is 11.2 Å². The van der Waals surface area contributed by atoms with Gasteiger partial charge in [0.15, 0.2) is 0 Å². The standard InChI is InChI=1S/C13H16F3NO/c1-18-11-9(12(8-17)6-3-7-12)4-2-5-10(11)13(14,15)16/h2,4-5H,3,6-8,17H2,1H3. The number of ether oxygens (including phenoxy) is 1. The monoisotopic (exact) mass is 259 g/mol. The Hall–Kier alpha value is -1.23. The Morgan fingerprint density at radius 2 is 2.00 bits per heavy atom. The molecule has 1 saturated carbocycles. The van der Waals surface area contributed by atoms with E-state index < -0.39 is 11.7 Å². The Labute approximate surface area is 104 Å². The summed E-state index contributed by atoms with van der Waals surface area (Å²) in [6.45, 7) is 0.352. The Morgan fingerprint density at radius 3 is 2.39 bits per heavy atom. The molecule has 1 aromatic rings. The van der Waals surface area contributed by atoms with Crippen LogP contribution in [0.2, 0.25) is 0 Å². The molecule has 0 radical (unpaired) electrons. The third-order valence-electron chi connectivity index (χ3n) is 3.80. The van der Waals surface area contributed by atoms with Crippen molar-refractivity contribution in [1.82, 2.24) is 0 Å². The van der Waals surface area contributed by atoms with E-state index in [1.54, 1.807) is 6.07 Å². The third-order valence-corrected chi connectivity index (χ3v) is 3.80. The molecule has 0 aromatic heterocycles. The molecule has 0 amide bonds. The van der Waals surface area contributed by atoms with Crippen LogP contribution in [0, 0.1) is 0 Å². The van der Waals surface area contributed by atoms with Gasteiger partial charge >= 0.3 is 6.18 Å². The Morgan fingerprint density at radius 1 is 1.33 bits per heavy atom. The summed E-state index contributed by atoms with van der Waals surface area (Å²) >= 11 is 0. The summed E-state index contributed by atoms with van der Waals surface area (Å²) in [5.41, 5.74) is 5.28. The van der Waals surface area contributed by atoms with E-state index in [1.165, 1.54) is 13.2 Å². The van der Waals surface area contributed by atoms with Crippen LogP contribution < -0.4 is 10.5 Å². The van der Waals surface area contributed by atoms with Crippen molar-refractivity contribution in [2.24, 2.45) is 5.73 Å². The minimum absolute atomic E-state index is 0.0739. The highest BCUT2D eigenvalue weighted by atomic mass is 19.4. The van der Waals surface area contributed by atoms with Gasteiger partial charge < -0.3 is 10.5 Å². The largest absolute Gasteiger partial charge is 0.496 e. The smallest absolute Gasteiger partial charge is 0.419 e. The molecule has 0 atom stereocenters. The molecule has 0 bridgehead atoms. The lowest BCUT2D eigenvalue weighted by Crippen LogP contribution is -2.42. The number of para-hydroxylation sites is 1. The quantitative estimate of drug-likeness (QED) is 0.905. The predicted molar refractivity (Wildman–Crippen MR) is 62.6 cm³/mol. The molecule has 0 spiro atoms. The van der Waals surface area contributed by atoms with E-state index >= 15 is 0 Å². The van der Waals surface area contributed by atoms with E-state index in [0.717, 1.165) is 25.3 Å². The van der Waals surface area contributed by atoms with Crippen LogP contribution in [0.25, 0.3) is 0 Å². The van der Waals surface area contributed by atoms with Crippen LogP contribution in [0.1, 0.15) is 30.4 Å². The number of benzene rings is 1. The van der Waals surface area contributed by atoms with E-state index in [1.807, 2.05) is 0 Å². The Bertz CT molecular complexity index is 433. The lowest BCUT2D eigenvalue weighted by molar-refractivity contribution is -0.138. The second kappa shape index (κ2) is 4.46. The minimum atomic E-state index is -4.40. The zero-order valence-corrected chi connectivity index (χ0v) is 10.2. The first-order chi connectivity index (χ1) is 8.44. The van der Waals surface area contributed by atoms with Crippen molar-refractivity contribution < 1.29 is 17.9 Å². The number of hydrogen-bond acceptors (Lipinski definition) is 2. The fourth-order valence-corrected chi connectivity index (χ4v) is 2.58. The highest BCUT2D eigenvalue weighted by Gasteiger charge is 2.43. The summed E-state index contributed by atoms with van der Waals surface area (Å²) in [4.78, 5) is 0. The van der Waals surface area contributed by atoms with Gasteiger partial charge in [-0.05, 0) is 18.9 Å². The van der Waals surface area contributed by atoms with E-state index in [9.17, 15) is 13.2 Å². The van der Waals surface area contributed by atoms with Crippen LogP contribution in [0.3, 0.4) is 0 Å². The molecule has 0 aliphatic heterocycles. The molecule has 100 valence electrons. The molecule has 2 nitrogen and oxygen atoms in total. The van der Waals surface area contributed by atoms with Gasteiger partial charge in [-0.25, -0.2) is 0 Å². The molecule has 5 heteroatoms. The van der Waals surface area contributed by atoms with Crippen LogP contribution in [-0.2, 0) is 11.6 Å². The molecule has 1 aliphatic carbocycles. The maximum absolute atomic E-state index is 12.9. The van der Waals surface area contributed by atoms with Crippen molar-refractivity contribution >= 4 is 0 Å². The van der Waals surface area contributed by atoms with Gasteiger partial charge in [0.2, 0.25) is 0 Å². The van der Waals surface area contributed by atoms with Crippen LogP contribution in [0.4, 0.5) is 13.2 Å². The van der Waals surface area contributed by atoms with Gasteiger partial charge in [-0.2, -0.15) is 13.2 Å². The van der Waals surface area contributed by atoms with Crippen molar-refractivity contribution in [1.29, 1.82) is 0 Å². The topological polar surface area (TPSA) is 35.2 Å². The van der Waals surface area contributed by atoms with Crippen molar-refractivity contribution in [3.05, 3.63) is 29.3 Å². The summed E-state index contributed by atoms with van der Waals surface area (Å²) < 4.78 is 43.8. The summed E-state index contributed by atoms with van der Waals surface area (Å²) in [7, 11) is 1.27. The second-order valence-electron chi connectivity index (χ2n) is 4.72. The van der Waals surface area contributed by atoms with Gasteiger partial charge in [0.1, 0.15) is 5.75 Å². The lowest BCUT2D eigenvalue weighted by atomic mass is 9.64. The van der Waals surface area contributed by atoms with Crippen LogP contribution in [-0.4, -0.2) is 13.7 Å². The average Bonchev–Trinajstić information content (AvgIpc) is 2.27. The normalized spacial score (nSPS) is 18.3. The van der Waals surface area contributed by atoms with Crippen molar-refractivity contribution in [2.75, 3.05) is 13.7 Å². The first kappa shape index (κ1) is 13.2. The second-order valence-corrected chi connectivity index (χ2v) is 4.72. The molecular formula is C13H16F3NO. The zero-order chi connectivity index (χ0) is 13.4. The van der Waals surface area contributed by atoms with Gasteiger partial charge in [-0.15, -0.1) is 0 Å². The molecule has 0 saturated heterocycles. The molecule has 0 heterocycles. The number of alkyl halides is 3. The van der Waals surface area contributed by atoms with Crippen LogP contribution >= 0.6 is 0 Å². The minimum Gasteiger partial charge on any atom is -0.496 e. The summed E-state index contributed by atoms with van der Waals surface area (Å²) in [5, 5.41) is 0. The maximum Gasteiger partial charge on any atom is 0.419 e. The summed E-state index contributed by atoms with van der Waals surface area (Å²) in [6.07, 6.45) is -1.76. The highest BCUT2D eigenvalue weighted by Crippen LogP contribution is 2.49. The third kappa shape index (κ3) is 1.96. The van der Waals surface area contributed by atoms with Crippen LogP contribution in [0.15, 0.2) is 18.2 Å². The van der Waals surface area contributed by atoms with E-state index in [0.29, 0.717) is 12.1 Å². The van der Waals surface area contributed by atoms with Gasteiger partial charge in [0.25, 0.3) is 0 Å². The van der Waals surface area contributed by atoms with Crippen molar-refractivity contribution in [2.45, 2.75) is 30.9 Å². The van der Waals surface area contributed by atoms with Gasteiger partial charge in [0, 0.05) is 17.5 Å². The van der Waals surface area contributed by atoms with Crippen molar-refractivity contribution in [3.63, 3.8) is 0 Å². The highest BCUT2D eigenvalue weighted by molar-refractivity contribution is 5.48. The first-order valence-corrected chi connectivity index (χ1v) is 5.89. The van der Waals surface area contributed by atoms with Gasteiger partial charge in [-0.1, -0.05) is 18.6 Å². The fourth-order valence-electron chi connectivity index (χ4n) is 2.58. The zero-order valence-electron chi connectivity index (χ0n) is 10.2. The van der Waals surface area contributed by atoms with E-state index in [2.05, 4.69) is 0 Å². The number of methoxy groups -OCH3 is 1. The number of halogens is 3. The number of hydrogen-bond donors (Lipinski definition) is 1. The first-order valence-electron chi connectivity index (χ1n) is 5.89. The Kier molecular flexibility index (Phi) is 3.27. The SMILES string of the molecule is COc1c(C(F)(F)F)cccc1C1(CN)CCC1. The molecular weight excluding hydrogens is 243 g/mol. The molecule has 1 aliphatic rings. The predicted octanol–water partition coefficient (Wildman–Crippen LogP) is 3.09. The lowest BCUT2D eigenvalue weighted by Gasteiger charge is -2.42. The Balaban J connectivity index is 2.55. The molecule has 18 heavy (non-hydrogen) atoms. The van der Waals surface area contributed by atoms with Gasteiger partial charge in [-0.3, -0.25) is 0 Å². The molecule has 1 aromatic carbocycles. The number of nitrogens with two attached hydrogens (primary N) is 1. The molecule has 1 fully saturated rings. The average molecular weight is 259 g/mol. The maximum atomic E-state index is 12.9. The van der Waals surface area contributed by atoms with Crippen LogP contribution in [0.5, 0.6) is 5.75 Å². The molecule has 2 N–H and O–H groups in total. The van der Waals surface area contributed by atoms with E-state index in [4.69, 9.17) is 10.5 Å². The summed E-state index contributed by atoms with van der Waals surface area (Å²) in [6, 6.07) is 4.17. The summed E-state index contributed by atoms with van der Waals surface area (Å²) in [5.74, 6) is -0.0739. The van der Waals surface area contributed by atoms with Gasteiger partial charge in [0.05, 0.1) is 12.7 Å².